The van der Waals surface area contributed by atoms with E-state index in [4.69, 9.17) is 5.73 Å². The molecule has 3 amide bonds. The molecule has 0 aromatic carbocycles. The second-order valence-electron chi connectivity index (χ2n) is 2.00. The van der Waals surface area contributed by atoms with Gasteiger partial charge >= 0.3 is 6.03 Å². The molecular formula is C6H13N3O2. The van der Waals surface area contributed by atoms with Crippen LogP contribution in [0.3, 0.4) is 0 Å². The van der Waals surface area contributed by atoms with Crippen molar-refractivity contribution in [3.05, 3.63) is 0 Å². The van der Waals surface area contributed by atoms with Gasteiger partial charge in [0.1, 0.15) is 0 Å². The molecule has 0 atom stereocenters. The van der Waals surface area contributed by atoms with Crippen molar-refractivity contribution in [3.63, 3.8) is 0 Å². The van der Waals surface area contributed by atoms with Crippen LogP contribution < -0.4 is 16.4 Å². The molecule has 0 aliphatic heterocycles. The number of nitrogens with one attached hydrogen (secondary N) is 2. The number of carbonyl (C=O) groups excluding carboxylic acids is 2. The minimum Gasteiger partial charge on any atom is -0.370 e. The van der Waals surface area contributed by atoms with Gasteiger partial charge in [-0.2, -0.15) is 0 Å². The summed E-state index contributed by atoms with van der Waals surface area (Å²) < 4.78 is 0. The molecule has 0 heterocycles. The van der Waals surface area contributed by atoms with Gasteiger partial charge < -0.3 is 16.4 Å². The summed E-state index contributed by atoms with van der Waals surface area (Å²) in [7, 11) is 0. The molecule has 0 aromatic heterocycles. The molecule has 0 saturated heterocycles. The lowest BCUT2D eigenvalue weighted by molar-refractivity contribution is -0.117. The quantitative estimate of drug-likeness (QED) is 0.500. The van der Waals surface area contributed by atoms with E-state index < -0.39 is 5.91 Å². The second kappa shape index (κ2) is 5.52. The van der Waals surface area contributed by atoms with E-state index in [1.807, 2.05) is 6.92 Å². The molecular weight excluding hydrogens is 146 g/mol. The third kappa shape index (κ3) is 6.63. The predicted octanol–water partition coefficient (Wildman–Crippen LogP) is -0.819. The molecule has 0 aromatic rings. The molecule has 0 aliphatic carbocycles. The third-order valence-corrected chi connectivity index (χ3v) is 0.994. The normalized spacial score (nSPS) is 8.82. The summed E-state index contributed by atoms with van der Waals surface area (Å²) in [6, 6.07) is -0.270. The van der Waals surface area contributed by atoms with Crippen molar-refractivity contribution in [1.29, 1.82) is 0 Å². The van der Waals surface area contributed by atoms with E-state index in [1.54, 1.807) is 0 Å². The Balaban J connectivity index is 3.24. The number of rotatable bonds is 4. The van der Waals surface area contributed by atoms with Gasteiger partial charge in [-0.1, -0.05) is 0 Å². The summed E-state index contributed by atoms with van der Waals surface area (Å²) >= 11 is 0. The molecule has 0 aliphatic rings. The number of amides is 3. The molecule has 4 N–H and O–H groups in total. The fourth-order valence-corrected chi connectivity index (χ4v) is 0.522. The topological polar surface area (TPSA) is 84.2 Å². The minimum absolute atomic E-state index is 0.178. The summed E-state index contributed by atoms with van der Waals surface area (Å²) in [5.41, 5.74) is 4.84. The van der Waals surface area contributed by atoms with Crippen molar-refractivity contribution in [2.45, 2.75) is 13.3 Å². The van der Waals surface area contributed by atoms with Crippen LogP contribution in [0.5, 0.6) is 0 Å². The van der Waals surface area contributed by atoms with Gasteiger partial charge in [0.15, 0.2) is 0 Å². The van der Waals surface area contributed by atoms with Crippen molar-refractivity contribution in [3.8, 4) is 0 Å². The van der Waals surface area contributed by atoms with Crippen molar-refractivity contribution >= 4 is 11.9 Å². The van der Waals surface area contributed by atoms with Gasteiger partial charge in [-0.15, -0.1) is 0 Å². The van der Waals surface area contributed by atoms with E-state index in [0.717, 1.165) is 0 Å². The smallest absolute Gasteiger partial charge is 0.314 e. The summed E-state index contributed by atoms with van der Waals surface area (Å²) in [6.45, 7) is 2.68. The first-order chi connectivity index (χ1) is 5.16. The second-order valence-corrected chi connectivity index (χ2v) is 2.00. The van der Waals surface area contributed by atoms with Crippen LogP contribution >= 0.6 is 0 Å². The Labute approximate surface area is 65.3 Å². The lowest BCUT2D eigenvalue weighted by atomic mass is 10.4. The van der Waals surface area contributed by atoms with Crippen LogP contribution in [0.15, 0.2) is 0 Å². The number of hydrogen-bond acceptors (Lipinski definition) is 2. The van der Waals surface area contributed by atoms with Gasteiger partial charge in [0, 0.05) is 19.5 Å². The molecule has 0 spiro atoms. The maximum atomic E-state index is 10.7. The zero-order chi connectivity index (χ0) is 8.69. The number of nitrogens with two attached hydrogens (primary N) is 1. The molecule has 0 radical (unpaired) electrons. The number of hydrogen-bond donors (Lipinski definition) is 3. The van der Waals surface area contributed by atoms with Crippen LogP contribution in [-0.4, -0.2) is 25.0 Å². The van der Waals surface area contributed by atoms with Crippen molar-refractivity contribution in [1.82, 2.24) is 10.6 Å². The van der Waals surface area contributed by atoms with Crippen LogP contribution in [0.1, 0.15) is 13.3 Å². The Bertz CT molecular complexity index is 147. The summed E-state index contributed by atoms with van der Waals surface area (Å²) in [5, 5.41) is 4.98. The Morgan fingerprint density at radius 3 is 2.45 bits per heavy atom. The van der Waals surface area contributed by atoms with Crippen molar-refractivity contribution in [2.24, 2.45) is 5.73 Å². The van der Waals surface area contributed by atoms with E-state index in [2.05, 4.69) is 10.6 Å². The van der Waals surface area contributed by atoms with Gasteiger partial charge in [0.05, 0.1) is 0 Å². The fraction of sp³-hybridized carbons (Fsp3) is 0.667. The maximum absolute atomic E-state index is 10.7. The summed E-state index contributed by atoms with van der Waals surface area (Å²) in [5.74, 6) is -0.415. The largest absolute Gasteiger partial charge is 0.370 e. The highest BCUT2D eigenvalue weighted by atomic mass is 16.2. The fourth-order valence-electron chi connectivity index (χ4n) is 0.522. The SMILES string of the molecule is CCNC(=O)NCCC(N)=O. The summed E-state index contributed by atoms with van der Waals surface area (Å²) in [6.07, 6.45) is 0.178. The van der Waals surface area contributed by atoms with E-state index >= 15 is 0 Å². The van der Waals surface area contributed by atoms with E-state index in [0.29, 0.717) is 13.1 Å². The van der Waals surface area contributed by atoms with Crippen LogP contribution in [0, 0.1) is 0 Å². The molecule has 11 heavy (non-hydrogen) atoms. The standard InChI is InChI=1S/C6H13N3O2/c1-2-8-6(11)9-4-3-5(7)10/h2-4H2,1H3,(H2,7,10)(H2,8,9,11). The zero-order valence-corrected chi connectivity index (χ0v) is 6.52. The number of carbonyl (C=O) groups is 2. The molecule has 0 rings (SSSR count). The molecule has 0 saturated carbocycles. The summed E-state index contributed by atoms with van der Waals surface area (Å²) in [4.78, 5) is 20.8. The molecule has 64 valence electrons. The van der Waals surface area contributed by atoms with E-state index in [9.17, 15) is 9.59 Å². The van der Waals surface area contributed by atoms with Crippen molar-refractivity contribution in [2.75, 3.05) is 13.1 Å². The van der Waals surface area contributed by atoms with Crippen LogP contribution in [0.4, 0.5) is 4.79 Å². The van der Waals surface area contributed by atoms with Gasteiger partial charge in [-0.05, 0) is 6.92 Å². The van der Waals surface area contributed by atoms with Gasteiger partial charge in [0.25, 0.3) is 0 Å². The zero-order valence-electron chi connectivity index (χ0n) is 6.52. The Morgan fingerprint density at radius 2 is 2.00 bits per heavy atom. The first kappa shape index (κ1) is 9.74. The van der Waals surface area contributed by atoms with E-state index in [1.165, 1.54) is 0 Å². The lowest BCUT2D eigenvalue weighted by Gasteiger charge is -2.02. The van der Waals surface area contributed by atoms with Gasteiger partial charge in [0.2, 0.25) is 5.91 Å². The predicted molar refractivity (Wildman–Crippen MR) is 40.9 cm³/mol. The Kier molecular flexibility index (Phi) is 4.89. The first-order valence-corrected chi connectivity index (χ1v) is 3.46. The molecule has 0 bridgehead atoms. The maximum Gasteiger partial charge on any atom is 0.314 e. The van der Waals surface area contributed by atoms with Crippen molar-refractivity contribution < 1.29 is 9.59 Å². The molecule has 5 heteroatoms. The van der Waals surface area contributed by atoms with E-state index in [-0.39, 0.29) is 12.5 Å². The van der Waals surface area contributed by atoms with Crippen LogP contribution in [0.2, 0.25) is 0 Å². The van der Waals surface area contributed by atoms with Crippen LogP contribution in [-0.2, 0) is 4.79 Å². The Morgan fingerprint density at radius 1 is 1.36 bits per heavy atom. The van der Waals surface area contributed by atoms with Crippen LogP contribution in [0.25, 0.3) is 0 Å². The highest BCUT2D eigenvalue weighted by Gasteiger charge is 1.97. The lowest BCUT2D eigenvalue weighted by Crippen LogP contribution is -2.36. The molecule has 0 fully saturated rings. The average molecular weight is 159 g/mol. The van der Waals surface area contributed by atoms with Gasteiger partial charge in [-0.25, -0.2) is 4.79 Å². The highest BCUT2D eigenvalue weighted by Crippen LogP contribution is 1.72. The average Bonchev–Trinajstić information content (AvgIpc) is 1.87. The number of primary amides is 1. The third-order valence-electron chi connectivity index (χ3n) is 0.994. The molecule has 0 unspecified atom stereocenters. The minimum atomic E-state index is -0.415. The Hall–Kier alpha value is -1.26. The highest BCUT2D eigenvalue weighted by molar-refractivity contribution is 5.76. The molecule has 5 nitrogen and oxygen atoms in total. The van der Waals surface area contributed by atoms with Gasteiger partial charge in [-0.3, -0.25) is 4.79 Å². The number of urea groups is 1. The monoisotopic (exact) mass is 159 g/mol. The first-order valence-electron chi connectivity index (χ1n) is 3.46.